The predicted molar refractivity (Wildman–Crippen MR) is 123 cm³/mol. The molecule has 0 unspecified atom stereocenters. The van der Waals surface area contributed by atoms with Gasteiger partial charge in [-0.3, -0.25) is 9.59 Å². The number of unbranched alkanes of at least 4 members (excludes halogenated alkanes) is 9. The number of nitrogens with two attached hydrogens (primary N) is 1. The lowest BCUT2D eigenvalue weighted by Crippen LogP contribution is -2.43. The summed E-state index contributed by atoms with van der Waals surface area (Å²) in [6.45, 7) is 2.63. The maximum atomic E-state index is 12.1. The molecule has 0 spiro atoms. The van der Waals surface area contributed by atoms with E-state index in [1.165, 1.54) is 32.1 Å². The fourth-order valence-corrected chi connectivity index (χ4v) is 3.41. The molecule has 0 saturated heterocycles. The Labute approximate surface area is 191 Å². The Kier molecular flexibility index (Phi) is 18.2. The summed E-state index contributed by atoms with van der Waals surface area (Å²) in [5, 5.41) is 23.4. The highest BCUT2D eigenvalue weighted by Crippen LogP contribution is 2.11. The molecule has 186 valence electrons. The first kappa shape index (κ1) is 29.8. The van der Waals surface area contributed by atoms with E-state index in [1.807, 2.05) is 0 Å². The summed E-state index contributed by atoms with van der Waals surface area (Å²) in [6, 6.07) is -2.20. The van der Waals surface area contributed by atoms with Crippen LogP contribution in [-0.4, -0.2) is 52.6 Å². The standard InChI is InChI=1S/C23H43N3O6/c1-2-3-4-5-6-7-8-9-10-14-20(27)26-19(23(31)32)15-16-21(28)25-18(22(29)30)13-11-12-17-24/h18-19H,2-17,24H2,1H3,(H,25,28)(H,26,27)(H,29,30)(H,31,32)/t18-,19+/m0/s1. The highest BCUT2D eigenvalue weighted by molar-refractivity contribution is 5.86. The molecule has 0 aromatic heterocycles. The minimum atomic E-state index is -1.21. The fourth-order valence-electron chi connectivity index (χ4n) is 3.41. The van der Waals surface area contributed by atoms with Crippen LogP contribution in [0.5, 0.6) is 0 Å². The lowest BCUT2D eigenvalue weighted by Gasteiger charge is -2.17. The second kappa shape index (κ2) is 19.5. The normalized spacial score (nSPS) is 12.7. The summed E-state index contributed by atoms with van der Waals surface area (Å²) >= 11 is 0. The van der Waals surface area contributed by atoms with Gasteiger partial charge in [-0.2, -0.15) is 0 Å². The van der Waals surface area contributed by atoms with E-state index in [4.69, 9.17) is 5.73 Å². The van der Waals surface area contributed by atoms with Crippen LogP contribution in [0, 0.1) is 0 Å². The van der Waals surface area contributed by atoms with Gasteiger partial charge in [-0.15, -0.1) is 0 Å². The van der Waals surface area contributed by atoms with Crippen molar-refractivity contribution in [3.8, 4) is 0 Å². The van der Waals surface area contributed by atoms with Crippen LogP contribution >= 0.6 is 0 Å². The van der Waals surface area contributed by atoms with Gasteiger partial charge in [0.05, 0.1) is 0 Å². The first-order chi connectivity index (χ1) is 15.3. The zero-order valence-electron chi connectivity index (χ0n) is 19.6. The van der Waals surface area contributed by atoms with Gasteiger partial charge < -0.3 is 26.6 Å². The van der Waals surface area contributed by atoms with Gasteiger partial charge in [0.2, 0.25) is 11.8 Å². The van der Waals surface area contributed by atoms with Gasteiger partial charge in [-0.05, 0) is 38.6 Å². The molecule has 0 bridgehead atoms. The SMILES string of the molecule is CCCCCCCCCCCC(=O)N[C@H](CCC(=O)N[C@@H](CCCCN)C(=O)O)C(=O)O. The van der Waals surface area contributed by atoms with Crippen molar-refractivity contribution in [2.24, 2.45) is 5.73 Å². The van der Waals surface area contributed by atoms with Gasteiger partial charge in [-0.1, -0.05) is 58.3 Å². The average Bonchev–Trinajstić information content (AvgIpc) is 2.74. The highest BCUT2D eigenvalue weighted by Gasteiger charge is 2.23. The summed E-state index contributed by atoms with van der Waals surface area (Å²) in [5.41, 5.74) is 5.39. The van der Waals surface area contributed by atoms with Crippen LogP contribution in [0.25, 0.3) is 0 Å². The van der Waals surface area contributed by atoms with Gasteiger partial charge >= 0.3 is 11.9 Å². The fraction of sp³-hybridized carbons (Fsp3) is 0.826. The van der Waals surface area contributed by atoms with E-state index >= 15 is 0 Å². The molecule has 9 nitrogen and oxygen atoms in total. The third-order valence-corrected chi connectivity index (χ3v) is 5.38. The van der Waals surface area contributed by atoms with Crippen LogP contribution in [0.15, 0.2) is 0 Å². The molecule has 2 amide bonds. The Bertz CT molecular complexity index is 556. The van der Waals surface area contributed by atoms with Gasteiger partial charge in [-0.25, -0.2) is 9.59 Å². The van der Waals surface area contributed by atoms with E-state index in [2.05, 4.69) is 17.6 Å². The largest absolute Gasteiger partial charge is 0.480 e. The number of hydrogen-bond donors (Lipinski definition) is 5. The van der Waals surface area contributed by atoms with Crippen molar-refractivity contribution in [3.05, 3.63) is 0 Å². The first-order valence-corrected chi connectivity index (χ1v) is 12.1. The molecule has 0 aliphatic carbocycles. The molecule has 32 heavy (non-hydrogen) atoms. The molecule has 6 N–H and O–H groups in total. The number of aliphatic carboxylic acids is 2. The van der Waals surface area contributed by atoms with Crippen molar-refractivity contribution in [3.63, 3.8) is 0 Å². The molecule has 0 aliphatic rings. The van der Waals surface area contributed by atoms with E-state index in [-0.39, 0.29) is 31.6 Å². The first-order valence-electron chi connectivity index (χ1n) is 12.1. The molecule has 0 radical (unpaired) electrons. The number of hydrogen-bond acceptors (Lipinski definition) is 5. The maximum Gasteiger partial charge on any atom is 0.326 e. The van der Waals surface area contributed by atoms with Crippen molar-refractivity contribution in [1.29, 1.82) is 0 Å². The Morgan fingerprint density at radius 1 is 0.656 bits per heavy atom. The number of nitrogens with one attached hydrogen (secondary N) is 2. The van der Waals surface area contributed by atoms with Crippen LogP contribution in [0.4, 0.5) is 0 Å². The lowest BCUT2D eigenvalue weighted by atomic mass is 10.1. The third-order valence-electron chi connectivity index (χ3n) is 5.38. The number of carboxylic acids is 2. The van der Waals surface area contributed by atoms with Crippen LogP contribution in [0.3, 0.4) is 0 Å². The number of rotatable bonds is 21. The molecular weight excluding hydrogens is 414 g/mol. The Morgan fingerprint density at radius 2 is 1.12 bits per heavy atom. The Morgan fingerprint density at radius 3 is 1.62 bits per heavy atom. The van der Waals surface area contributed by atoms with E-state index in [0.717, 1.165) is 19.3 Å². The molecule has 9 heteroatoms. The second-order valence-corrected chi connectivity index (χ2v) is 8.32. The lowest BCUT2D eigenvalue weighted by molar-refractivity contribution is -0.143. The molecule has 0 rings (SSSR count). The van der Waals surface area contributed by atoms with Crippen LogP contribution < -0.4 is 16.4 Å². The summed E-state index contributed by atoms with van der Waals surface area (Å²) in [6.07, 6.45) is 11.6. The number of carboxylic acid groups (broad SMARTS) is 2. The Hall–Kier alpha value is -2.16. The summed E-state index contributed by atoms with van der Waals surface area (Å²) in [4.78, 5) is 46.8. The molecule has 0 aromatic rings. The maximum absolute atomic E-state index is 12.1. The van der Waals surface area contributed by atoms with Crippen molar-refractivity contribution in [2.45, 2.75) is 115 Å². The van der Waals surface area contributed by atoms with Gasteiger partial charge in [0.25, 0.3) is 0 Å². The molecule has 2 atom stereocenters. The van der Waals surface area contributed by atoms with E-state index in [1.54, 1.807) is 0 Å². The predicted octanol–water partition coefficient (Wildman–Crippen LogP) is 2.96. The van der Waals surface area contributed by atoms with Gasteiger partial charge in [0, 0.05) is 12.8 Å². The molecule has 0 heterocycles. The second-order valence-electron chi connectivity index (χ2n) is 8.32. The summed E-state index contributed by atoms with van der Waals surface area (Å²) in [5.74, 6) is -3.24. The van der Waals surface area contributed by atoms with Crippen molar-refractivity contribution < 1.29 is 29.4 Å². The van der Waals surface area contributed by atoms with E-state index in [0.29, 0.717) is 25.8 Å². The molecule has 0 aliphatic heterocycles. The molecular formula is C23H43N3O6. The highest BCUT2D eigenvalue weighted by atomic mass is 16.4. The quantitative estimate of drug-likeness (QED) is 0.166. The van der Waals surface area contributed by atoms with Crippen molar-refractivity contribution >= 4 is 23.8 Å². The monoisotopic (exact) mass is 457 g/mol. The van der Waals surface area contributed by atoms with Crippen LogP contribution in [0.1, 0.15) is 103 Å². The number of carbonyl (C=O) groups is 4. The minimum absolute atomic E-state index is 0.0974. The van der Waals surface area contributed by atoms with Crippen molar-refractivity contribution in [2.75, 3.05) is 6.54 Å². The molecule has 0 aromatic carbocycles. The van der Waals surface area contributed by atoms with Crippen LogP contribution in [0.2, 0.25) is 0 Å². The van der Waals surface area contributed by atoms with E-state index < -0.39 is 29.9 Å². The molecule has 0 saturated carbocycles. The summed E-state index contributed by atoms with van der Waals surface area (Å²) < 4.78 is 0. The minimum Gasteiger partial charge on any atom is -0.480 e. The number of carbonyl (C=O) groups excluding carboxylic acids is 2. The number of amides is 2. The average molecular weight is 458 g/mol. The third kappa shape index (κ3) is 16.5. The summed E-state index contributed by atoms with van der Waals surface area (Å²) in [7, 11) is 0. The smallest absolute Gasteiger partial charge is 0.326 e. The van der Waals surface area contributed by atoms with Crippen LogP contribution in [-0.2, 0) is 19.2 Å². The topological polar surface area (TPSA) is 159 Å². The van der Waals surface area contributed by atoms with Gasteiger partial charge in [0.1, 0.15) is 12.1 Å². The zero-order valence-corrected chi connectivity index (χ0v) is 19.6. The molecule has 0 fully saturated rings. The van der Waals surface area contributed by atoms with Crippen molar-refractivity contribution in [1.82, 2.24) is 10.6 Å². The van der Waals surface area contributed by atoms with E-state index in [9.17, 15) is 29.4 Å². The van der Waals surface area contributed by atoms with Gasteiger partial charge in [0.15, 0.2) is 0 Å². The zero-order chi connectivity index (χ0) is 24.2. The Balaban J connectivity index is 4.16.